The van der Waals surface area contributed by atoms with Gasteiger partial charge in [0.25, 0.3) is 0 Å². The van der Waals surface area contributed by atoms with Crippen LogP contribution < -0.4 is 5.32 Å². The number of hydrogen-bond acceptors (Lipinski definition) is 3. The van der Waals surface area contributed by atoms with Gasteiger partial charge in [-0.15, -0.1) is 11.3 Å². The summed E-state index contributed by atoms with van der Waals surface area (Å²) in [7, 11) is 0. The van der Waals surface area contributed by atoms with Crippen molar-refractivity contribution < 1.29 is 4.79 Å². The highest BCUT2D eigenvalue weighted by molar-refractivity contribution is 9.10. The van der Waals surface area contributed by atoms with E-state index in [0.29, 0.717) is 11.6 Å². The fourth-order valence-corrected chi connectivity index (χ4v) is 3.67. The number of halogens is 1. The number of nitrogens with one attached hydrogen (secondary N) is 1. The number of benzene rings is 2. The zero-order valence-corrected chi connectivity index (χ0v) is 16.8. The van der Waals surface area contributed by atoms with Gasteiger partial charge in [0.2, 0.25) is 5.91 Å². The van der Waals surface area contributed by atoms with Crippen molar-refractivity contribution in [2.75, 3.05) is 5.32 Å². The van der Waals surface area contributed by atoms with E-state index in [1.54, 1.807) is 0 Å². The molecular weight excluding hydrogens is 396 g/mol. The summed E-state index contributed by atoms with van der Waals surface area (Å²) in [5, 5.41) is 3.56. The van der Waals surface area contributed by atoms with Crippen LogP contribution in [0.25, 0.3) is 11.3 Å². The quantitative estimate of drug-likeness (QED) is 0.596. The van der Waals surface area contributed by atoms with Gasteiger partial charge in [-0.2, -0.15) is 0 Å². The third kappa shape index (κ3) is 4.35. The predicted molar refractivity (Wildman–Crippen MR) is 108 cm³/mol. The normalized spacial score (nSPS) is 10.7. The highest BCUT2D eigenvalue weighted by Gasteiger charge is 2.13. The minimum atomic E-state index is -0.0530. The van der Waals surface area contributed by atoms with Gasteiger partial charge >= 0.3 is 0 Å². The molecule has 0 radical (unpaired) electrons. The van der Waals surface area contributed by atoms with Crippen molar-refractivity contribution in [3.63, 3.8) is 0 Å². The first-order valence-electron chi connectivity index (χ1n) is 8.02. The van der Waals surface area contributed by atoms with Crippen LogP contribution in [0.1, 0.15) is 21.6 Å². The molecule has 3 nitrogen and oxygen atoms in total. The molecule has 25 heavy (non-hydrogen) atoms. The van der Waals surface area contributed by atoms with Crippen LogP contribution >= 0.6 is 27.3 Å². The molecule has 0 aliphatic rings. The van der Waals surface area contributed by atoms with Crippen LogP contribution in [0.3, 0.4) is 0 Å². The SMILES string of the molecule is Cc1ccc(-c2nc(NC(=O)Cc3ccc(Br)cc3)sc2C)cc1C. The Labute approximate surface area is 160 Å². The molecule has 5 heteroatoms. The fourth-order valence-electron chi connectivity index (χ4n) is 2.56. The number of nitrogens with zero attached hydrogens (tertiary/aromatic N) is 1. The van der Waals surface area contributed by atoms with Gasteiger partial charge in [0, 0.05) is 14.9 Å². The Bertz CT molecular complexity index is 916. The number of carbonyl (C=O) groups is 1. The molecule has 1 aromatic heterocycles. The molecule has 0 spiro atoms. The number of anilines is 1. The summed E-state index contributed by atoms with van der Waals surface area (Å²) in [5.74, 6) is -0.0530. The van der Waals surface area contributed by atoms with Gasteiger partial charge < -0.3 is 5.32 Å². The van der Waals surface area contributed by atoms with Crippen LogP contribution in [0, 0.1) is 20.8 Å². The lowest BCUT2D eigenvalue weighted by molar-refractivity contribution is -0.115. The molecule has 0 saturated carbocycles. The topological polar surface area (TPSA) is 42.0 Å². The van der Waals surface area contributed by atoms with E-state index in [0.717, 1.165) is 26.2 Å². The van der Waals surface area contributed by atoms with Crippen LogP contribution in [0.5, 0.6) is 0 Å². The lowest BCUT2D eigenvalue weighted by Crippen LogP contribution is -2.14. The van der Waals surface area contributed by atoms with E-state index in [1.165, 1.54) is 22.5 Å². The van der Waals surface area contributed by atoms with E-state index in [1.807, 2.05) is 31.2 Å². The predicted octanol–water partition coefficient (Wildman–Crippen LogP) is 5.68. The van der Waals surface area contributed by atoms with Crippen molar-refractivity contribution in [1.29, 1.82) is 0 Å². The van der Waals surface area contributed by atoms with Crippen LogP contribution in [-0.4, -0.2) is 10.9 Å². The summed E-state index contributed by atoms with van der Waals surface area (Å²) < 4.78 is 1.00. The molecule has 2 aromatic carbocycles. The van der Waals surface area contributed by atoms with E-state index in [-0.39, 0.29) is 5.91 Å². The van der Waals surface area contributed by atoms with Crippen molar-refractivity contribution in [2.45, 2.75) is 27.2 Å². The van der Waals surface area contributed by atoms with E-state index in [9.17, 15) is 4.79 Å². The van der Waals surface area contributed by atoms with Crippen molar-refractivity contribution in [1.82, 2.24) is 4.98 Å². The fraction of sp³-hybridized carbons (Fsp3) is 0.200. The van der Waals surface area contributed by atoms with Gasteiger partial charge in [-0.1, -0.05) is 40.2 Å². The molecule has 0 saturated heterocycles. The average Bonchev–Trinajstić information content (AvgIpc) is 2.92. The molecule has 0 atom stereocenters. The molecule has 0 unspecified atom stereocenters. The highest BCUT2D eigenvalue weighted by atomic mass is 79.9. The average molecular weight is 415 g/mol. The van der Waals surface area contributed by atoms with Crippen LogP contribution in [-0.2, 0) is 11.2 Å². The first kappa shape index (κ1) is 17.8. The first-order valence-corrected chi connectivity index (χ1v) is 9.62. The molecule has 0 aliphatic heterocycles. The largest absolute Gasteiger partial charge is 0.302 e. The molecule has 3 aromatic rings. The van der Waals surface area contributed by atoms with E-state index in [2.05, 4.69) is 58.3 Å². The summed E-state index contributed by atoms with van der Waals surface area (Å²) in [4.78, 5) is 18.0. The minimum Gasteiger partial charge on any atom is -0.302 e. The Kier molecular flexibility index (Phi) is 5.35. The van der Waals surface area contributed by atoms with Gasteiger partial charge in [0.1, 0.15) is 0 Å². The minimum absolute atomic E-state index is 0.0530. The summed E-state index contributed by atoms with van der Waals surface area (Å²) >= 11 is 4.91. The van der Waals surface area contributed by atoms with E-state index in [4.69, 9.17) is 0 Å². The Balaban J connectivity index is 1.74. The highest BCUT2D eigenvalue weighted by Crippen LogP contribution is 2.31. The van der Waals surface area contributed by atoms with E-state index < -0.39 is 0 Å². The maximum absolute atomic E-state index is 12.3. The molecule has 1 amide bonds. The Morgan fingerprint density at radius 1 is 1.08 bits per heavy atom. The van der Waals surface area contributed by atoms with Crippen molar-refractivity contribution in [3.05, 3.63) is 68.5 Å². The van der Waals surface area contributed by atoms with Crippen molar-refractivity contribution >= 4 is 38.3 Å². The maximum atomic E-state index is 12.3. The molecule has 128 valence electrons. The third-order valence-corrected chi connectivity index (χ3v) is 5.52. The van der Waals surface area contributed by atoms with Crippen molar-refractivity contribution in [2.24, 2.45) is 0 Å². The first-order chi connectivity index (χ1) is 11.9. The molecule has 1 N–H and O–H groups in total. The zero-order valence-electron chi connectivity index (χ0n) is 14.4. The zero-order chi connectivity index (χ0) is 18.0. The Hall–Kier alpha value is -1.98. The smallest absolute Gasteiger partial charge is 0.230 e. The van der Waals surface area contributed by atoms with Gasteiger partial charge in [-0.3, -0.25) is 4.79 Å². The number of carbonyl (C=O) groups excluding carboxylic acids is 1. The van der Waals surface area contributed by atoms with Crippen LogP contribution in [0.2, 0.25) is 0 Å². The molecule has 0 fully saturated rings. The molecule has 0 bridgehead atoms. The van der Waals surface area contributed by atoms with Gasteiger partial charge in [-0.05, 0) is 55.7 Å². The number of hydrogen-bond donors (Lipinski definition) is 1. The van der Waals surface area contributed by atoms with Gasteiger partial charge in [0.15, 0.2) is 5.13 Å². The third-order valence-electron chi connectivity index (χ3n) is 4.10. The van der Waals surface area contributed by atoms with Gasteiger partial charge in [-0.25, -0.2) is 4.98 Å². The second-order valence-corrected chi connectivity index (χ2v) is 8.19. The van der Waals surface area contributed by atoms with Crippen LogP contribution in [0.15, 0.2) is 46.9 Å². The summed E-state index contributed by atoms with van der Waals surface area (Å²) in [5.41, 5.74) is 5.51. The summed E-state index contributed by atoms with van der Waals surface area (Å²) in [6.45, 7) is 6.23. The van der Waals surface area contributed by atoms with E-state index >= 15 is 0 Å². The number of aryl methyl sites for hydroxylation is 3. The standard InChI is InChI=1S/C20H19BrN2OS/c1-12-4-7-16(10-13(12)2)19-14(3)25-20(23-19)22-18(24)11-15-5-8-17(21)9-6-15/h4-10H,11H2,1-3H3,(H,22,23,24). The van der Waals surface area contributed by atoms with Crippen LogP contribution in [0.4, 0.5) is 5.13 Å². The molecule has 3 rings (SSSR count). The number of aromatic nitrogens is 1. The molecule has 1 heterocycles. The Morgan fingerprint density at radius 2 is 1.80 bits per heavy atom. The summed E-state index contributed by atoms with van der Waals surface area (Å²) in [6, 6.07) is 14.1. The van der Waals surface area contributed by atoms with Crippen molar-refractivity contribution in [3.8, 4) is 11.3 Å². The van der Waals surface area contributed by atoms with Gasteiger partial charge in [0.05, 0.1) is 12.1 Å². The molecule has 0 aliphatic carbocycles. The lowest BCUT2D eigenvalue weighted by atomic mass is 10.0. The monoisotopic (exact) mass is 414 g/mol. The summed E-state index contributed by atoms with van der Waals surface area (Å²) in [6.07, 6.45) is 0.338. The molecular formula is C20H19BrN2OS. The second kappa shape index (κ2) is 7.50. The maximum Gasteiger partial charge on any atom is 0.230 e. The number of rotatable bonds is 4. The number of thiazole rings is 1. The Morgan fingerprint density at radius 3 is 2.48 bits per heavy atom. The second-order valence-electron chi connectivity index (χ2n) is 6.07. The number of amides is 1. The lowest BCUT2D eigenvalue weighted by Gasteiger charge is -2.04.